The van der Waals surface area contributed by atoms with Gasteiger partial charge in [-0.2, -0.15) is 0 Å². The molecule has 0 heteroatoms. The summed E-state index contributed by atoms with van der Waals surface area (Å²) in [5.41, 5.74) is 0. The molecule has 0 aliphatic heterocycles. The van der Waals surface area contributed by atoms with E-state index in [0.29, 0.717) is 5.92 Å². The van der Waals surface area contributed by atoms with E-state index in [0.717, 1.165) is 0 Å². The van der Waals surface area contributed by atoms with Gasteiger partial charge < -0.3 is 0 Å². The van der Waals surface area contributed by atoms with Crippen molar-refractivity contribution in [3.05, 3.63) is 26.0 Å². The maximum atomic E-state index is 3.89. The lowest BCUT2D eigenvalue weighted by Crippen LogP contribution is -1.86. The van der Waals surface area contributed by atoms with E-state index in [-0.39, 0.29) is 0 Å². The summed E-state index contributed by atoms with van der Waals surface area (Å²) in [5, 5.41) is 0. The van der Waals surface area contributed by atoms with E-state index >= 15 is 0 Å². The van der Waals surface area contributed by atoms with Gasteiger partial charge in [0.2, 0.25) is 0 Å². The van der Waals surface area contributed by atoms with Gasteiger partial charge in [0.05, 0.1) is 0 Å². The standard InChI is InChI=1S/C8H14/c1-4-6-8(3)7-5-2/h4,6,8H,1,3,5,7H2,2H3. The Balaban J connectivity index is 3.17. The van der Waals surface area contributed by atoms with Crippen LogP contribution in [0.1, 0.15) is 19.8 Å². The fourth-order valence-electron chi connectivity index (χ4n) is 0.659. The van der Waals surface area contributed by atoms with Crippen molar-refractivity contribution in [2.75, 3.05) is 0 Å². The van der Waals surface area contributed by atoms with E-state index in [9.17, 15) is 0 Å². The number of hydrogen-bond acceptors (Lipinski definition) is 0. The number of allylic oxidation sites excluding steroid dienone is 2. The molecule has 1 unspecified atom stereocenters. The van der Waals surface area contributed by atoms with Crippen LogP contribution in [-0.2, 0) is 0 Å². The summed E-state index contributed by atoms with van der Waals surface area (Å²) < 4.78 is 0. The summed E-state index contributed by atoms with van der Waals surface area (Å²) in [7, 11) is 0. The molecule has 1 atom stereocenters. The molecule has 0 aromatic heterocycles. The molecule has 0 aliphatic rings. The highest BCUT2D eigenvalue weighted by Gasteiger charge is 1.90. The molecule has 8 heavy (non-hydrogen) atoms. The molecular formula is C8H14. The average molecular weight is 110 g/mol. The summed E-state index contributed by atoms with van der Waals surface area (Å²) in [6.45, 7) is 9.64. The van der Waals surface area contributed by atoms with Gasteiger partial charge in [0, 0.05) is 0 Å². The van der Waals surface area contributed by atoms with Crippen LogP contribution in [0.5, 0.6) is 0 Å². The van der Waals surface area contributed by atoms with Crippen molar-refractivity contribution in [3.8, 4) is 0 Å². The van der Waals surface area contributed by atoms with Crippen LogP contribution in [0.15, 0.2) is 12.2 Å². The second kappa shape index (κ2) is 4.89. The molecule has 0 amide bonds. The van der Waals surface area contributed by atoms with Crippen molar-refractivity contribution in [1.82, 2.24) is 0 Å². The van der Waals surface area contributed by atoms with Crippen LogP contribution >= 0.6 is 0 Å². The maximum Gasteiger partial charge on any atom is -0.0233 e. The molecule has 0 aromatic carbocycles. The normalized spacial score (nSPS) is 14.9. The van der Waals surface area contributed by atoms with Crippen LogP contribution in [0.25, 0.3) is 0 Å². The molecule has 46 valence electrons. The minimum atomic E-state index is 0.470. The van der Waals surface area contributed by atoms with Crippen LogP contribution in [0.3, 0.4) is 0 Å². The van der Waals surface area contributed by atoms with Crippen molar-refractivity contribution in [2.45, 2.75) is 19.8 Å². The van der Waals surface area contributed by atoms with Crippen LogP contribution < -0.4 is 0 Å². The first-order chi connectivity index (χ1) is 3.81. The van der Waals surface area contributed by atoms with E-state index in [1.165, 1.54) is 12.8 Å². The first-order valence-electron chi connectivity index (χ1n) is 3.10. The van der Waals surface area contributed by atoms with Crippen LogP contribution in [0, 0.1) is 19.8 Å². The Morgan fingerprint density at radius 3 is 2.62 bits per heavy atom. The van der Waals surface area contributed by atoms with Crippen LogP contribution in [0.4, 0.5) is 0 Å². The zero-order valence-electron chi connectivity index (χ0n) is 5.56. The summed E-state index contributed by atoms with van der Waals surface area (Å²) in [6, 6.07) is 0. The fraction of sp³-hybridized carbons (Fsp3) is 0.500. The smallest absolute Gasteiger partial charge is 0.0233 e. The second-order valence-corrected chi connectivity index (χ2v) is 1.98. The molecule has 0 bridgehead atoms. The molecule has 0 aromatic rings. The Hall–Kier alpha value is -0.260. The first kappa shape index (κ1) is 7.74. The quantitative estimate of drug-likeness (QED) is 0.524. The minimum Gasteiger partial charge on any atom is -0.0880 e. The van der Waals surface area contributed by atoms with Crippen molar-refractivity contribution in [3.63, 3.8) is 0 Å². The lowest BCUT2D eigenvalue weighted by atomic mass is 10.1. The van der Waals surface area contributed by atoms with E-state index in [1.807, 2.05) is 12.2 Å². The van der Waals surface area contributed by atoms with E-state index in [1.54, 1.807) is 0 Å². The van der Waals surface area contributed by atoms with E-state index < -0.39 is 0 Å². The second-order valence-electron chi connectivity index (χ2n) is 1.98. The SMILES string of the molecule is [CH2]C=CC([CH2])CCC. The van der Waals surface area contributed by atoms with Crippen LogP contribution in [0.2, 0.25) is 0 Å². The highest BCUT2D eigenvalue weighted by Crippen LogP contribution is 2.04. The fourth-order valence-corrected chi connectivity index (χ4v) is 0.659. The Morgan fingerprint density at radius 1 is 1.62 bits per heavy atom. The Bertz CT molecular complexity index is 62.4. The number of rotatable bonds is 3. The van der Waals surface area contributed by atoms with Crippen LogP contribution in [-0.4, -0.2) is 0 Å². The van der Waals surface area contributed by atoms with Crippen molar-refractivity contribution >= 4 is 0 Å². The molecule has 2 radical (unpaired) electrons. The lowest BCUT2D eigenvalue weighted by molar-refractivity contribution is 0.687. The zero-order chi connectivity index (χ0) is 6.41. The van der Waals surface area contributed by atoms with E-state index in [4.69, 9.17) is 0 Å². The molecule has 0 nitrogen and oxygen atoms in total. The molecule has 0 spiro atoms. The van der Waals surface area contributed by atoms with Crippen molar-refractivity contribution in [1.29, 1.82) is 0 Å². The van der Waals surface area contributed by atoms with Gasteiger partial charge in [0.25, 0.3) is 0 Å². The topological polar surface area (TPSA) is 0 Å². The maximum absolute atomic E-state index is 3.89. The molecule has 0 saturated heterocycles. The highest BCUT2D eigenvalue weighted by atomic mass is 14.0. The molecule has 0 aliphatic carbocycles. The molecule has 0 heterocycles. The molecular weight excluding hydrogens is 96.1 g/mol. The summed E-state index contributed by atoms with van der Waals surface area (Å²) in [4.78, 5) is 0. The van der Waals surface area contributed by atoms with Gasteiger partial charge >= 0.3 is 0 Å². The van der Waals surface area contributed by atoms with Crippen molar-refractivity contribution in [2.24, 2.45) is 5.92 Å². The molecule has 0 N–H and O–H groups in total. The predicted octanol–water partition coefficient (Wildman–Crippen LogP) is 2.63. The largest absolute Gasteiger partial charge is 0.0880 e. The first-order valence-corrected chi connectivity index (χ1v) is 3.10. The summed E-state index contributed by atoms with van der Waals surface area (Å²) >= 11 is 0. The third-order valence-corrected chi connectivity index (χ3v) is 1.07. The van der Waals surface area contributed by atoms with Gasteiger partial charge in [-0.25, -0.2) is 0 Å². The number of hydrogen-bond donors (Lipinski definition) is 0. The molecule has 0 rings (SSSR count). The zero-order valence-corrected chi connectivity index (χ0v) is 5.56. The predicted molar refractivity (Wildman–Crippen MR) is 38.3 cm³/mol. The minimum absolute atomic E-state index is 0.470. The third kappa shape index (κ3) is 3.91. The summed E-state index contributed by atoms with van der Waals surface area (Å²) in [5.74, 6) is 0.470. The Labute approximate surface area is 52.6 Å². The monoisotopic (exact) mass is 110 g/mol. The summed E-state index contributed by atoms with van der Waals surface area (Å²) in [6.07, 6.45) is 6.22. The molecule has 0 saturated carbocycles. The molecule has 0 fully saturated rings. The van der Waals surface area contributed by atoms with Gasteiger partial charge in [0.1, 0.15) is 0 Å². The van der Waals surface area contributed by atoms with Gasteiger partial charge in [-0.1, -0.05) is 25.5 Å². The van der Waals surface area contributed by atoms with Crippen molar-refractivity contribution < 1.29 is 0 Å². The van der Waals surface area contributed by atoms with Gasteiger partial charge in [-0.15, -0.1) is 0 Å². The Morgan fingerprint density at radius 2 is 2.25 bits per heavy atom. The lowest BCUT2D eigenvalue weighted by Gasteiger charge is -1.99. The highest BCUT2D eigenvalue weighted by molar-refractivity contribution is 4.90. The third-order valence-electron chi connectivity index (χ3n) is 1.07. The van der Waals surface area contributed by atoms with Gasteiger partial charge in [-0.3, -0.25) is 0 Å². The van der Waals surface area contributed by atoms with Gasteiger partial charge in [-0.05, 0) is 26.2 Å². The van der Waals surface area contributed by atoms with Gasteiger partial charge in [0.15, 0.2) is 0 Å². The Kier molecular flexibility index (Phi) is 4.73. The average Bonchev–Trinajstić information content (AvgIpc) is 1.68. The van der Waals surface area contributed by atoms with E-state index in [2.05, 4.69) is 20.8 Å².